The SMILES string of the molecule is CCC[C@H](C)Oc1ccc(/C(=C(/CC(F)(F)F)c2ccc(C(=O)NC)cc2)c2ccc3c(c2)c(F)nn3C2CCCCO2)cn1. The Hall–Kier alpha value is -4.25. The molecule has 1 unspecified atom stereocenters. The summed E-state index contributed by atoms with van der Waals surface area (Å²) in [5.41, 5.74) is 1.98. The molecular weight excluding hydrogens is 588 g/mol. The fourth-order valence-corrected chi connectivity index (χ4v) is 5.68. The van der Waals surface area contributed by atoms with Crippen molar-refractivity contribution < 1.29 is 31.8 Å². The molecule has 0 spiro atoms. The number of ether oxygens (including phenoxy) is 2. The predicted octanol–water partition coefficient (Wildman–Crippen LogP) is 8.11. The minimum absolute atomic E-state index is 0.0523. The number of carbonyl (C=O) groups is 1. The van der Waals surface area contributed by atoms with Crippen LogP contribution in [-0.2, 0) is 4.74 Å². The lowest BCUT2D eigenvalue weighted by Crippen LogP contribution is -2.19. The van der Waals surface area contributed by atoms with Gasteiger partial charge in [0.1, 0.15) is 0 Å². The summed E-state index contributed by atoms with van der Waals surface area (Å²) >= 11 is 0. The van der Waals surface area contributed by atoms with Gasteiger partial charge in [-0.15, -0.1) is 5.10 Å². The van der Waals surface area contributed by atoms with Gasteiger partial charge in [0, 0.05) is 37.0 Å². The van der Waals surface area contributed by atoms with Gasteiger partial charge >= 0.3 is 6.18 Å². The van der Waals surface area contributed by atoms with Gasteiger partial charge in [-0.25, -0.2) is 9.67 Å². The molecule has 0 saturated carbocycles. The summed E-state index contributed by atoms with van der Waals surface area (Å²) in [4.78, 5) is 16.6. The van der Waals surface area contributed by atoms with Crippen molar-refractivity contribution in [3.05, 3.63) is 89.0 Å². The number of hydrogen-bond acceptors (Lipinski definition) is 5. The third-order valence-corrected chi connectivity index (χ3v) is 7.82. The molecule has 5 rings (SSSR count). The molecule has 1 aliphatic heterocycles. The minimum Gasteiger partial charge on any atom is -0.475 e. The van der Waals surface area contributed by atoms with Crippen LogP contribution in [0.5, 0.6) is 5.88 Å². The van der Waals surface area contributed by atoms with Gasteiger partial charge < -0.3 is 14.8 Å². The van der Waals surface area contributed by atoms with Crippen molar-refractivity contribution in [1.29, 1.82) is 0 Å². The largest absolute Gasteiger partial charge is 0.475 e. The van der Waals surface area contributed by atoms with Gasteiger partial charge in [0.2, 0.25) is 11.8 Å². The number of alkyl halides is 3. The number of allylic oxidation sites excluding steroid dienone is 1. The Kier molecular flexibility index (Phi) is 9.86. The molecular formula is C34H36F4N4O3. The summed E-state index contributed by atoms with van der Waals surface area (Å²) in [7, 11) is 1.48. The Morgan fingerprint density at radius 3 is 2.40 bits per heavy atom. The highest BCUT2D eigenvalue weighted by Gasteiger charge is 2.32. The lowest BCUT2D eigenvalue weighted by atomic mass is 9.87. The van der Waals surface area contributed by atoms with Gasteiger partial charge in [-0.05, 0) is 85.2 Å². The van der Waals surface area contributed by atoms with Crippen molar-refractivity contribution in [1.82, 2.24) is 20.1 Å². The number of halogens is 4. The minimum atomic E-state index is -4.58. The van der Waals surface area contributed by atoms with E-state index in [0.29, 0.717) is 41.1 Å². The van der Waals surface area contributed by atoms with Crippen molar-refractivity contribution in [2.45, 2.75) is 70.9 Å². The van der Waals surface area contributed by atoms with E-state index in [-0.39, 0.29) is 34.1 Å². The molecule has 2 aromatic heterocycles. The van der Waals surface area contributed by atoms with Crippen molar-refractivity contribution >= 4 is 28.0 Å². The van der Waals surface area contributed by atoms with Crippen molar-refractivity contribution in [3.63, 3.8) is 0 Å². The summed E-state index contributed by atoms with van der Waals surface area (Å²) in [6, 6.07) is 14.1. The maximum atomic E-state index is 15.3. The fourth-order valence-electron chi connectivity index (χ4n) is 5.68. The van der Waals surface area contributed by atoms with Crippen molar-refractivity contribution in [2.24, 2.45) is 0 Å². The lowest BCUT2D eigenvalue weighted by Gasteiger charge is -2.23. The number of rotatable bonds is 10. The maximum absolute atomic E-state index is 15.3. The van der Waals surface area contributed by atoms with E-state index in [1.807, 2.05) is 13.8 Å². The van der Waals surface area contributed by atoms with E-state index in [2.05, 4.69) is 15.4 Å². The molecule has 0 bridgehead atoms. The van der Waals surface area contributed by atoms with E-state index in [9.17, 15) is 18.0 Å². The van der Waals surface area contributed by atoms with Gasteiger partial charge in [0.05, 0.1) is 23.4 Å². The summed E-state index contributed by atoms with van der Waals surface area (Å²) in [6.45, 7) is 4.51. The molecule has 1 N–H and O–H groups in total. The fraction of sp³-hybridized carbons (Fsp3) is 0.382. The quantitative estimate of drug-likeness (QED) is 0.143. The van der Waals surface area contributed by atoms with Crippen LogP contribution >= 0.6 is 0 Å². The highest BCUT2D eigenvalue weighted by molar-refractivity contribution is 6.01. The van der Waals surface area contributed by atoms with E-state index < -0.39 is 24.8 Å². The second kappa shape index (κ2) is 13.8. The molecule has 1 amide bonds. The van der Waals surface area contributed by atoms with Crippen LogP contribution in [0.2, 0.25) is 0 Å². The summed E-state index contributed by atoms with van der Waals surface area (Å²) in [5, 5.41) is 6.78. The Morgan fingerprint density at radius 1 is 1.07 bits per heavy atom. The third-order valence-electron chi connectivity index (χ3n) is 7.82. The van der Waals surface area contributed by atoms with Crippen LogP contribution in [0.4, 0.5) is 17.6 Å². The average molecular weight is 625 g/mol. The van der Waals surface area contributed by atoms with Gasteiger partial charge in [-0.1, -0.05) is 31.5 Å². The molecule has 0 radical (unpaired) electrons. The Balaban J connectivity index is 1.69. The first-order valence-corrected chi connectivity index (χ1v) is 15.1. The third kappa shape index (κ3) is 7.53. The van der Waals surface area contributed by atoms with Crippen LogP contribution in [0.15, 0.2) is 60.8 Å². The zero-order chi connectivity index (χ0) is 32.1. The molecule has 1 fully saturated rings. The number of pyridine rings is 1. The van der Waals surface area contributed by atoms with E-state index in [1.165, 1.54) is 48.3 Å². The molecule has 3 heterocycles. The zero-order valence-corrected chi connectivity index (χ0v) is 25.5. The van der Waals surface area contributed by atoms with Crippen LogP contribution < -0.4 is 10.1 Å². The number of aromatic nitrogens is 3. The molecule has 1 aliphatic rings. The number of amides is 1. The summed E-state index contributed by atoms with van der Waals surface area (Å²) in [6.07, 6.45) is -0.625. The highest BCUT2D eigenvalue weighted by Crippen LogP contribution is 2.41. The average Bonchev–Trinajstić information content (AvgIpc) is 3.36. The van der Waals surface area contributed by atoms with E-state index in [0.717, 1.165) is 25.7 Å². The molecule has 2 atom stereocenters. The Bertz CT molecular complexity index is 1660. The normalized spacial score (nSPS) is 16.7. The predicted molar refractivity (Wildman–Crippen MR) is 164 cm³/mol. The first-order valence-electron chi connectivity index (χ1n) is 15.1. The van der Waals surface area contributed by atoms with Gasteiger partial charge in [0.15, 0.2) is 6.23 Å². The number of nitrogens with one attached hydrogen (secondary N) is 1. The van der Waals surface area contributed by atoms with Crippen molar-refractivity contribution in [2.75, 3.05) is 13.7 Å². The number of benzene rings is 2. The lowest BCUT2D eigenvalue weighted by molar-refractivity contribution is -0.122. The molecule has 7 nitrogen and oxygen atoms in total. The first-order chi connectivity index (χ1) is 21.6. The monoisotopic (exact) mass is 624 g/mol. The molecule has 11 heteroatoms. The number of fused-ring (bicyclic) bond motifs is 1. The van der Waals surface area contributed by atoms with E-state index >= 15 is 4.39 Å². The number of nitrogens with zero attached hydrogens (tertiary/aromatic N) is 3. The zero-order valence-electron chi connectivity index (χ0n) is 25.5. The van der Waals surface area contributed by atoms with Gasteiger partial charge in [0.25, 0.3) is 5.91 Å². The topological polar surface area (TPSA) is 78.3 Å². The van der Waals surface area contributed by atoms with E-state index in [4.69, 9.17) is 9.47 Å². The van der Waals surface area contributed by atoms with Crippen LogP contribution in [0.3, 0.4) is 0 Å². The summed E-state index contributed by atoms with van der Waals surface area (Å²) in [5.74, 6) is -0.749. The molecule has 238 valence electrons. The van der Waals surface area contributed by atoms with Crippen LogP contribution in [0.25, 0.3) is 22.0 Å². The molecule has 45 heavy (non-hydrogen) atoms. The maximum Gasteiger partial charge on any atom is 0.393 e. The summed E-state index contributed by atoms with van der Waals surface area (Å²) < 4.78 is 71.3. The smallest absolute Gasteiger partial charge is 0.393 e. The molecule has 4 aromatic rings. The van der Waals surface area contributed by atoms with Gasteiger partial charge in [-0.3, -0.25) is 4.79 Å². The second-order valence-corrected chi connectivity index (χ2v) is 11.2. The second-order valence-electron chi connectivity index (χ2n) is 11.2. The first kappa shape index (κ1) is 32.2. The van der Waals surface area contributed by atoms with E-state index in [1.54, 1.807) is 24.3 Å². The van der Waals surface area contributed by atoms with Crippen LogP contribution in [0.1, 0.15) is 85.6 Å². The van der Waals surface area contributed by atoms with Crippen molar-refractivity contribution in [3.8, 4) is 5.88 Å². The Labute approximate surface area is 259 Å². The number of hydrogen-bond donors (Lipinski definition) is 1. The molecule has 1 saturated heterocycles. The molecule has 0 aliphatic carbocycles. The van der Waals surface area contributed by atoms with Crippen LogP contribution in [-0.4, -0.2) is 46.6 Å². The number of carbonyl (C=O) groups excluding carboxylic acids is 1. The Morgan fingerprint density at radius 2 is 1.78 bits per heavy atom. The van der Waals surface area contributed by atoms with Gasteiger partial charge in [-0.2, -0.15) is 17.6 Å². The highest BCUT2D eigenvalue weighted by atomic mass is 19.4. The standard InChI is InChI=1S/C34H36F4N4O3/c1-4-7-21(2)45-29-16-14-25(20-40-29)31(27(19-34(36,37)38)22-9-11-23(12-10-22)33(43)39-3)24-13-15-28-26(18-24)32(35)41-42(28)30-8-5-6-17-44-30/h9-16,18,20-21,30H,4-8,17,19H2,1-3H3,(H,39,43)/b31-27-/t21-,30?/m0/s1. The molecule has 2 aromatic carbocycles. The van der Waals surface area contributed by atoms with Crippen LogP contribution in [0, 0.1) is 5.95 Å².